The molecule has 0 spiro atoms. The quantitative estimate of drug-likeness (QED) is 0.656. The summed E-state index contributed by atoms with van der Waals surface area (Å²) < 4.78 is 11.8. The molecule has 2 heterocycles. The summed E-state index contributed by atoms with van der Waals surface area (Å²) in [5.74, 6) is 2.73. The highest BCUT2D eigenvalue weighted by molar-refractivity contribution is 5.86. The number of fused-ring (bicyclic) bond motifs is 1. The minimum absolute atomic E-state index is 0.498. The van der Waals surface area contributed by atoms with Crippen LogP contribution in [0.1, 0.15) is 63.0 Å². The largest absolute Gasteiger partial charge is 0.493 e. The van der Waals surface area contributed by atoms with Gasteiger partial charge in [-0.1, -0.05) is 19.3 Å². The van der Waals surface area contributed by atoms with E-state index in [4.69, 9.17) is 19.4 Å². The van der Waals surface area contributed by atoms with Gasteiger partial charge in [-0.15, -0.1) is 0 Å². The van der Waals surface area contributed by atoms with E-state index in [9.17, 15) is 0 Å². The minimum Gasteiger partial charge on any atom is -0.493 e. The Balaban J connectivity index is 1.56. The van der Waals surface area contributed by atoms with Crippen molar-refractivity contribution in [2.45, 2.75) is 57.3 Å². The molecule has 2 fully saturated rings. The van der Waals surface area contributed by atoms with E-state index in [0.717, 1.165) is 41.1 Å². The van der Waals surface area contributed by atoms with Crippen molar-refractivity contribution in [1.82, 2.24) is 14.9 Å². The Hall–Kier alpha value is -2.08. The van der Waals surface area contributed by atoms with Gasteiger partial charge >= 0.3 is 0 Å². The van der Waals surface area contributed by atoms with Crippen LogP contribution < -0.4 is 14.8 Å². The van der Waals surface area contributed by atoms with Gasteiger partial charge in [-0.05, 0) is 51.3 Å². The molecule has 1 N–H and O–H groups in total. The van der Waals surface area contributed by atoms with Crippen LogP contribution in [0.5, 0.6) is 11.5 Å². The second-order valence-corrected chi connectivity index (χ2v) is 8.29. The molecular weight excluding hydrogens is 364 g/mol. The van der Waals surface area contributed by atoms with Gasteiger partial charge in [-0.2, -0.15) is 0 Å². The molecule has 4 rings (SSSR count). The van der Waals surface area contributed by atoms with Crippen molar-refractivity contribution in [1.29, 1.82) is 0 Å². The fraction of sp³-hybridized carbons (Fsp3) is 0.652. The van der Waals surface area contributed by atoms with Gasteiger partial charge in [0.25, 0.3) is 0 Å². The summed E-state index contributed by atoms with van der Waals surface area (Å²) in [6.07, 6.45) is 9.98. The Morgan fingerprint density at radius 2 is 1.83 bits per heavy atom. The Morgan fingerprint density at radius 3 is 2.55 bits per heavy atom. The molecule has 2 aliphatic rings. The average Bonchev–Trinajstić information content (AvgIpc) is 3.29. The molecular formula is C23H34N4O2. The molecule has 0 unspecified atom stereocenters. The number of benzene rings is 1. The zero-order valence-corrected chi connectivity index (χ0v) is 17.9. The van der Waals surface area contributed by atoms with Crippen molar-refractivity contribution in [3.05, 3.63) is 17.8 Å². The van der Waals surface area contributed by atoms with E-state index >= 15 is 0 Å². The van der Waals surface area contributed by atoms with Gasteiger partial charge < -0.3 is 19.7 Å². The van der Waals surface area contributed by atoms with Crippen LogP contribution in [-0.2, 0) is 0 Å². The molecule has 1 aliphatic heterocycles. The molecule has 2 aromatic rings. The fourth-order valence-corrected chi connectivity index (χ4v) is 4.71. The smallest absolute Gasteiger partial charge is 0.223 e. The Morgan fingerprint density at radius 1 is 1.03 bits per heavy atom. The maximum atomic E-state index is 6.12. The summed E-state index contributed by atoms with van der Waals surface area (Å²) in [6.45, 7) is 4.26. The maximum Gasteiger partial charge on any atom is 0.223 e. The van der Waals surface area contributed by atoms with E-state index in [1.54, 1.807) is 7.11 Å². The molecule has 1 aromatic heterocycles. The monoisotopic (exact) mass is 398 g/mol. The maximum absolute atomic E-state index is 6.12. The number of hydrogen-bond donors (Lipinski definition) is 1. The third-order valence-electron chi connectivity index (χ3n) is 6.30. The molecule has 1 saturated heterocycles. The van der Waals surface area contributed by atoms with E-state index in [0.29, 0.717) is 18.5 Å². The zero-order chi connectivity index (χ0) is 20.1. The van der Waals surface area contributed by atoms with Crippen molar-refractivity contribution in [2.75, 3.05) is 45.7 Å². The molecule has 0 amide bonds. The summed E-state index contributed by atoms with van der Waals surface area (Å²) >= 11 is 0. The summed E-state index contributed by atoms with van der Waals surface area (Å²) in [6, 6.07) is 4.10. The van der Waals surface area contributed by atoms with Crippen LogP contribution in [0.15, 0.2) is 12.1 Å². The van der Waals surface area contributed by atoms with Crippen LogP contribution in [0.2, 0.25) is 0 Å². The van der Waals surface area contributed by atoms with Crippen LogP contribution in [-0.4, -0.2) is 55.3 Å². The number of aromatic nitrogens is 2. The third-order valence-corrected chi connectivity index (χ3v) is 6.30. The zero-order valence-electron chi connectivity index (χ0n) is 17.9. The van der Waals surface area contributed by atoms with E-state index in [1.165, 1.54) is 58.0 Å². The van der Waals surface area contributed by atoms with Crippen molar-refractivity contribution < 1.29 is 9.47 Å². The molecule has 0 radical (unpaired) electrons. The van der Waals surface area contributed by atoms with Crippen LogP contribution in [0.4, 0.5) is 5.95 Å². The van der Waals surface area contributed by atoms with Crippen molar-refractivity contribution >= 4 is 16.9 Å². The molecule has 158 valence electrons. The molecule has 6 heteroatoms. The van der Waals surface area contributed by atoms with Crippen molar-refractivity contribution in [2.24, 2.45) is 0 Å². The third kappa shape index (κ3) is 4.74. The lowest BCUT2D eigenvalue weighted by Gasteiger charge is -2.23. The van der Waals surface area contributed by atoms with Crippen LogP contribution in [0.25, 0.3) is 10.9 Å². The van der Waals surface area contributed by atoms with Gasteiger partial charge in [0.1, 0.15) is 0 Å². The predicted molar refractivity (Wildman–Crippen MR) is 117 cm³/mol. The first-order valence-electron chi connectivity index (χ1n) is 11.2. The highest BCUT2D eigenvalue weighted by Crippen LogP contribution is 2.39. The van der Waals surface area contributed by atoms with E-state index in [2.05, 4.69) is 16.3 Å². The number of nitrogens with one attached hydrogen (secondary N) is 1. The molecule has 1 saturated carbocycles. The summed E-state index contributed by atoms with van der Waals surface area (Å²) in [4.78, 5) is 12.1. The highest BCUT2D eigenvalue weighted by atomic mass is 16.5. The van der Waals surface area contributed by atoms with Crippen LogP contribution >= 0.6 is 0 Å². The van der Waals surface area contributed by atoms with Gasteiger partial charge in [0.05, 0.1) is 24.9 Å². The number of methoxy groups -OCH3 is 1. The molecule has 1 aliphatic carbocycles. The van der Waals surface area contributed by atoms with Gasteiger partial charge in [-0.3, -0.25) is 0 Å². The topological polar surface area (TPSA) is 59.5 Å². The summed E-state index contributed by atoms with van der Waals surface area (Å²) in [5, 5.41) is 4.22. The highest BCUT2D eigenvalue weighted by Gasteiger charge is 2.22. The number of hydrogen-bond acceptors (Lipinski definition) is 6. The van der Waals surface area contributed by atoms with E-state index in [-0.39, 0.29) is 0 Å². The number of anilines is 1. The van der Waals surface area contributed by atoms with Crippen LogP contribution in [0, 0.1) is 0 Å². The number of ether oxygens (including phenoxy) is 2. The lowest BCUT2D eigenvalue weighted by atomic mass is 9.85. The van der Waals surface area contributed by atoms with Gasteiger partial charge in [0.15, 0.2) is 11.5 Å². The summed E-state index contributed by atoms with van der Waals surface area (Å²) in [7, 11) is 3.59. The summed E-state index contributed by atoms with van der Waals surface area (Å²) in [5.41, 5.74) is 2.08. The Labute approximate surface area is 174 Å². The predicted octanol–water partition coefficient (Wildman–Crippen LogP) is 4.59. The minimum atomic E-state index is 0.498. The fourth-order valence-electron chi connectivity index (χ4n) is 4.71. The molecule has 0 bridgehead atoms. The van der Waals surface area contributed by atoms with Gasteiger partial charge in [0.2, 0.25) is 5.95 Å². The lowest BCUT2D eigenvalue weighted by molar-refractivity contribution is 0.254. The molecule has 0 atom stereocenters. The first-order chi connectivity index (χ1) is 14.3. The Bertz CT molecular complexity index is 814. The standard InChI is InChI=1S/C23H34N4O2/c1-24-23-25-19-16-21(29-14-8-13-27-11-6-7-12-27)20(28-2)15-18(19)22(26-23)17-9-4-3-5-10-17/h15-17H,3-14H2,1-2H3,(H,24,25,26). The second kappa shape index (κ2) is 9.61. The number of rotatable bonds is 8. The van der Waals surface area contributed by atoms with Crippen molar-refractivity contribution in [3.63, 3.8) is 0 Å². The Kier molecular flexibility index (Phi) is 6.70. The van der Waals surface area contributed by atoms with Gasteiger partial charge in [-0.25, -0.2) is 9.97 Å². The van der Waals surface area contributed by atoms with Crippen molar-refractivity contribution in [3.8, 4) is 11.5 Å². The van der Waals surface area contributed by atoms with E-state index in [1.807, 2.05) is 13.1 Å². The first-order valence-corrected chi connectivity index (χ1v) is 11.2. The average molecular weight is 399 g/mol. The molecule has 6 nitrogen and oxygen atoms in total. The second-order valence-electron chi connectivity index (χ2n) is 8.29. The lowest BCUT2D eigenvalue weighted by Crippen LogP contribution is -2.21. The first kappa shape index (κ1) is 20.2. The molecule has 1 aromatic carbocycles. The molecule has 29 heavy (non-hydrogen) atoms. The normalized spacial score (nSPS) is 18.3. The number of likely N-dealkylation sites (tertiary alicyclic amines) is 1. The SMILES string of the molecule is CNc1nc(C2CCCCC2)c2cc(OC)c(OCCCN3CCCC3)cc2n1. The van der Waals surface area contributed by atoms with Gasteiger partial charge in [0, 0.05) is 31.0 Å². The van der Waals surface area contributed by atoms with Crippen LogP contribution in [0.3, 0.4) is 0 Å². The van der Waals surface area contributed by atoms with E-state index < -0.39 is 0 Å². The number of nitrogens with zero attached hydrogens (tertiary/aromatic N) is 3.